The van der Waals surface area contributed by atoms with E-state index in [4.69, 9.17) is 0 Å². The summed E-state index contributed by atoms with van der Waals surface area (Å²) in [6, 6.07) is 92.1. The molecule has 0 N–H and O–H groups in total. The SMILES string of the molecule is CC(C)(C)c1ccc(-c2ccccc2-c2ccc3c(c2)B2c4cc(-c5ccccc5-c5ccc(C(C)(C)C)cc5)ccc4N(c4ccccc4-c4ccc5c(c4)C(C)(C)CCC5(C)C)c4cccc(c42)N3c2ccccc2-c2ccc3c(c2)C(C)(C)CCC3(C)C)cc1. The van der Waals surface area contributed by atoms with Crippen LogP contribution in [0, 0.1) is 0 Å². The Kier molecular flexibility index (Phi) is 14.2. The second-order valence-corrected chi connectivity index (χ2v) is 32.2. The van der Waals surface area contributed by atoms with Crippen LogP contribution in [0.25, 0.3) is 66.8 Å². The van der Waals surface area contributed by atoms with Crippen molar-refractivity contribution in [1.29, 1.82) is 0 Å². The van der Waals surface area contributed by atoms with Crippen molar-refractivity contribution in [2.75, 3.05) is 9.80 Å². The van der Waals surface area contributed by atoms with Gasteiger partial charge in [0.2, 0.25) is 0 Å². The highest BCUT2D eigenvalue weighted by Crippen LogP contribution is 2.53. The van der Waals surface area contributed by atoms with Crippen LogP contribution in [0.4, 0.5) is 34.1 Å². The van der Waals surface area contributed by atoms with Gasteiger partial charge in [-0.25, -0.2) is 0 Å². The molecule has 0 spiro atoms. The number of benzene rings is 11. The average Bonchev–Trinajstić information content (AvgIpc) is 0.696. The van der Waals surface area contributed by atoms with Crippen molar-refractivity contribution in [2.24, 2.45) is 0 Å². The lowest BCUT2D eigenvalue weighted by Crippen LogP contribution is -2.61. The van der Waals surface area contributed by atoms with Gasteiger partial charge in [0.25, 0.3) is 6.71 Å². The van der Waals surface area contributed by atoms with E-state index in [2.05, 4.69) is 343 Å². The molecule has 2 aliphatic heterocycles. The highest BCUT2D eigenvalue weighted by Gasteiger charge is 2.45. The van der Waals surface area contributed by atoms with Gasteiger partial charge in [-0.15, -0.1) is 0 Å². The standard InChI is InChI=1S/C90H89BN2/c1-85(2,3)64-42-34-58(35-43-64)66-24-15-17-26-68(66)62-40-48-80-76(56-62)91-77-57-63(69-27-18-16-25-67(69)59-36-44-65(45-37-59)86(4,5)6)41-49-81(77)93(79-31-22-20-29-71(79)61-39-47-73-75(55-61)90(13,14)53-51-88(73,9)10)83-33-23-32-82(84(83)91)92(80)78-30-21-19-28-70(78)60-38-46-72-74(54-60)89(11,12)52-50-87(72,7)8/h15-49,54-57H,50-53H2,1-14H3. The summed E-state index contributed by atoms with van der Waals surface area (Å²) in [6.07, 6.45) is 4.67. The normalized spacial score (nSPS) is 16.4. The third kappa shape index (κ3) is 10.2. The van der Waals surface area contributed by atoms with Crippen molar-refractivity contribution in [3.05, 3.63) is 270 Å². The molecule has 0 fully saturated rings. The number of anilines is 6. The van der Waals surface area contributed by atoms with E-state index >= 15 is 0 Å². The van der Waals surface area contributed by atoms with Crippen molar-refractivity contribution >= 4 is 57.2 Å². The minimum absolute atomic E-state index is 0.0485. The summed E-state index contributed by atoms with van der Waals surface area (Å²) in [4.78, 5) is 5.27. The molecule has 2 nitrogen and oxygen atoms in total. The molecule has 0 saturated heterocycles. The van der Waals surface area contributed by atoms with Gasteiger partial charge in [0.1, 0.15) is 0 Å². The predicted molar refractivity (Wildman–Crippen MR) is 401 cm³/mol. The highest BCUT2D eigenvalue weighted by molar-refractivity contribution is 7.00. The maximum absolute atomic E-state index is 2.64. The molecule has 11 aromatic rings. The van der Waals surface area contributed by atoms with Crippen LogP contribution >= 0.6 is 0 Å². The molecular formula is C90H89BN2. The van der Waals surface area contributed by atoms with Gasteiger partial charge in [0.15, 0.2) is 0 Å². The third-order valence-corrected chi connectivity index (χ3v) is 22.2. The van der Waals surface area contributed by atoms with Crippen LogP contribution in [0.3, 0.4) is 0 Å². The van der Waals surface area contributed by atoms with E-state index in [-0.39, 0.29) is 39.2 Å². The Morgan fingerprint density at radius 1 is 0.269 bits per heavy atom. The number of nitrogens with zero attached hydrogens (tertiary/aromatic N) is 2. The molecular weight excluding hydrogens is 1120 g/mol. The van der Waals surface area contributed by atoms with Crippen LogP contribution in [0.5, 0.6) is 0 Å². The third-order valence-electron chi connectivity index (χ3n) is 22.2. The van der Waals surface area contributed by atoms with Crippen molar-refractivity contribution in [3.8, 4) is 66.8 Å². The van der Waals surface area contributed by atoms with Crippen molar-refractivity contribution in [2.45, 2.75) is 155 Å². The quantitative estimate of drug-likeness (QED) is 0.140. The molecule has 4 aliphatic rings. The first-order valence-electron chi connectivity index (χ1n) is 34.3. The number of rotatable bonds is 8. The molecule has 0 amide bonds. The molecule has 0 unspecified atom stereocenters. The van der Waals surface area contributed by atoms with Gasteiger partial charge >= 0.3 is 0 Å². The van der Waals surface area contributed by atoms with E-state index in [1.165, 1.54) is 163 Å². The Bertz CT molecular complexity index is 4470. The van der Waals surface area contributed by atoms with Crippen LogP contribution in [-0.4, -0.2) is 6.71 Å². The second-order valence-electron chi connectivity index (χ2n) is 32.2. The first kappa shape index (κ1) is 60.3. The Balaban J connectivity index is 1.00. The topological polar surface area (TPSA) is 6.48 Å². The van der Waals surface area contributed by atoms with Crippen LogP contribution < -0.4 is 26.2 Å². The molecule has 3 heteroatoms. The molecule has 462 valence electrons. The van der Waals surface area contributed by atoms with Gasteiger partial charge in [-0.3, -0.25) is 0 Å². The zero-order valence-electron chi connectivity index (χ0n) is 57.3. The van der Waals surface area contributed by atoms with Crippen LogP contribution in [-0.2, 0) is 32.5 Å². The summed E-state index contributed by atoms with van der Waals surface area (Å²) in [6.45, 7) is 33.2. The first-order valence-corrected chi connectivity index (χ1v) is 34.3. The smallest absolute Gasteiger partial charge is 0.252 e. The Hall–Kier alpha value is -8.92. The van der Waals surface area contributed by atoms with E-state index in [1.807, 2.05) is 0 Å². The average molecular weight is 1210 g/mol. The monoisotopic (exact) mass is 1210 g/mol. The largest absolute Gasteiger partial charge is 0.311 e. The predicted octanol–water partition coefficient (Wildman–Crippen LogP) is 23.1. The molecule has 93 heavy (non-hydrogen) atoms. The summed E-state index contributed by atoms with van der Waals surface area (Å²) in [5, 5.41) is 0. The van der Waals surface area contributed by atoms with Crippen LogP contribution in [0.2, 0.25) is 0 Å². The second kappa shape index (κ2) is 21.8. The lowest BCUT2D eigenvalue weighted by Gasteiger charge is -2.45. The number of para-hydroxylation sites is 2. The fourth-order valence-corrected chi connectivity index (χ4v) is 16.4. The first-order chi connectivity index (χ1) is 44.4. The molecule has 0 saturated carbocycles. The molecule has 0 aromatic heterocycles. The van der Waals surface area contributed by atoms with Gasteiger partial charge in [-0.05, 0) is 200 Å². The molecule has 2 aliphatic carbocycles. The van der Waals surface area contributed by atoms with Crippen LogP contribution in [0.1, 0.15) is 156 Å². The van der Waals surface area contributed by atoms with E-state index in [0.717, 1.165) is 12.8 Å². The maximum Gasteiger partial charge on any atom is 0.252 e. The molecule has 0 atom stereocenters. The zero-order chi connectivity index (χ0) is 64.7. The number of hydrogen-bond donors (Lipinski definition) is 0. The van der Waals surface area contributed by atoms with Gasteiger partial charge in [-0.1, -0.05) is 297 Å². The maximum atomic E-state index is 2.64. The fourth-order valence-electron chi connectivity index (χ4n) is 16.4. The number of hydrogen-bond acceptors (Lipinski definition) is 2. The molecule has 2 heterocycles. The zero-order valence-corrected chi connectivity index (χ0v) is 57.3. The lowest BCUT2D eigenvalue weighted by molar-refractivity contribution is 0.332. The van der Waals surface area contributed by atoms with E-state index in [9.17, 15) is 0 Å². The van der Waals surface area contributed by atoms with Gasteiger partial charge in [0.05, 0.1) is 11.4 Å². The minimum atomic E-state index is -0.150. The van der Waals surface area contributed by atoms with E-state index in [1.54, 1.807) is 0 Å². The number of fused-ring (bicyclic) bond motifs is 6. The fraction of sp³-hybridized carbons (Fsp3) is 0.267. The van der Waals surface area contributed by atoms with Gasteiger partial charge in [-0.2, -0.15) is 0 Å². The Labute approximate surface area is 555 Å². The summed E-state index contributed by atoms with van der Waals surface area (Å²) < 4.78 is 0. The summed E-state index contributed by atoms with van der Waals surface area (Å²) >= 11 is 0. The minimum Gasteiger partial charge on any atom is -0.311 e. The summed E-state index contributed by atoms with van der Waals surface area (Å²) in [7, 11) is 0. The molecule has 15 rings (SSSR count). The van der Waals surface area contributed by atoms with Crippen molar-refractivity contribution in [1.82, 2.24) is 0 Å². The van der Waals surface area contributed by atoms with Crippen LogP contribution in [0.15, 0.2) is 237 Å². The summed E-state index contributed by atoms with van der Waals surface area (Å²) in [5.41, 5.74) is 34.6. The van der Waals surface area contributed by atoms with Crippen molar-refractivity contribution < 1.29 is 0 Å². The highest BCUT2D eigenvalue weighted by atomic mass is 15.2. The Morgan fingerprint density at radius 3 is 0.925 bits per heavy atom. The molecule has 0 radical (unpaired) electrons. The molecule has 11 aromatic carbocycles. The van der Waals surface area contributed by atoms with E-state index in [0.29, 0.717) is 0 Å². The molecule has 0 bridgehead atoms. The van der Waals surface area contributed by atoms with Crippen molar-refractivity contribution in [3.63, 3.8) is 0 Å². The summed E-state index contributed by atoms with van der Waals surface area (Å²) in [5.74, 6) is 0. The van der Waals surface area contributed by atoms with E-state index < -0.39 is 0 Å². The van der Waals surface area contributed by atoms with Gasteiger partial charge < -0.3 is 9.80 Å². The lowest BCUT2D eigenvalue weighted by atomic mass is 9.33. The Morgan fingerprint density at radius 2 is 0.559 bits per heavy atom. The van der Waals surface area contributed by atoms with Gasteiger partial charge in [0, 0.05) is 33.9 Å².